The Balaban J connectivity index is 2.13. The van der Waals surface area contributed by atoms with Crippen LogP contribution in [-0.2, 0) is 4.74 Å². The SMILES string of the molecule is CCOC(=O)c1csc(NC(=O)c2cc(Br)ccc2F)n1. The van der Waals surface area contributed by atoms with Crippen molar-refractivity contribution in [1.29, 1.82) is 0 Å². The van der Waals surface area contributed by atoms with Crippen LogP contribution in [-0.4, -0.2) is 23.5 Å². The number of rotatable bonds is 4. The molecule has 0 saturated carbocycles. The van der Waals surface area contributed by atoms with Crippen LogP contribution in [0.5, 0.6) is 0 Å². The minimum Gasteiger partial charge on any atom is -0.461 e. The zero-order chi connectivity index (χ0) is 15.4. The van der Waals surface area contributed by atoms with Gasteiger partial charge in [-0.15, -0.1) is 11.3 Å². The fourth-order valence-electron chi connectivity index (χ4n) is 1.47. The number of benzene rings is 1. The van der Waals surface area contributed by atoms with Crippen molar-refractivity contribution >= 4 is 44.3 Å². The van der Waals surface area contributed by atoms with Gasteiger partial charge in [0.05, 0.1) is 12.2 Å². The molecule has 1 amide bonds. The minimum absolute atomic E-state index is 0.104. The topological polar surface area (TPSA) is 68.3 Å². The van der Waals surface area contributed by atoms with Crippen molar-refractivity contribution < 1.29 is 18.7 Å². The lowest BCUT2D eigenvalue weighted by molar-refractivity contribution is 0.0520. The molecule has 8 heteroatoms. The van der Waals surface area contributed by atoms with Crippen LogP contribution in [0.1, 0.15) is 27.8 Å². The Morgan fingerprint density at radius 3 is 2.95 bits per heavy atom. The molecule has 0 saturated heterocycles. The van der Waals surface area contributed by atoms with Gasteiger partial charge in [-0.1, -0.05) is 15.9 Å². The summed E-state index contributed by atoms with van der Waals surface area (Å²) in [7, 11) is 0. The smallest absolute Gasteiger partial charge is 0.357 e. The number of carbonyl (C=O) groups is 2. The molecule has 0 aliphatic heterocycles. The number of anilines is 1. The molecule has 0 radical (unpaired) electrons. The molecule has 0 fully saturated rings. The standard InChI is InChI=1S/C13H10BrFN2O3S/c1-2-20-12(19)10-6-21-13(16-10)17-11(18)8-5-7(14)3-4-9(8)15/h3-6H,2H2,1H3,(H,16,17,18). The first kappa shape index (κ1) is 15.6. The summed E-state index contributed by atoms with van der Waals surface area (Å²) in [6.07, 6.45) is 0. The summed E-state index contributed by atoms with van der Waals surface area (Å²) in [5, 5.41) is 4.10. The number of halogens is 2. The highest BCUT2D eigenvalue weighted by atomic mass is 79.9. The predicted molar refractivity (Wildman–Crippen MR) is 80.1 cm³/mol. The van der Waals surface area contributed by atoms with Gasteiger partial charge in [-0.25, -0.2) is 14.2 Å². The summed E-state index contributed by atoms with van der Waals surface area (Å²) in [5.41, 5.74) is -0.0101. The lowest BCUT2D eigenvalue weighted by atomic mass is 10.2. The third kappa shape index (κ3) is 3.85. The van der Waals surface area contributed by atoms with E-state index in [9.17, 15) is 14.0 Å². The normalized spacial score (nSPS) is 10.2. The maximum absolute atomic E-state index is 13.6. The molecule has 0 aliphatic carbocycles. The van der Waals surface area contributed by atoms with Crippen molar-refractivity contribution in [3.8, 4) is 0 Å². The molecular weight excluding hydrogens is 363 g/mol. The monoisotopic (exact) mass is 372 g/mol. The number of esters is 1. The van der Waals surface area contributed by atoms with E-state index in [0.717, 1.165) is 11.3 Å². The first-order valence-corrected chi connectivity index (χ1v) is 7.57. The number of amides is 1. The molecule has 5 nitrogen and oxygen atoms in total. The molecule has 110 valence electrons. The average Bonchev–Trinajstić information content (AvgIpc) is 2.90. The Kier molecular flexibility index (Phi) is 5.03. The van der Waals surface area contributed by atoms with E-state index in [2.05, 4.69) is 26.2 Å². The van der Waals surface area contributed by atoms with Crippen molar-refractivity contribution in [2.75, 3.05) is 11.9 Å². The second-order valence-electron chi connectivity index (χ2n) is 3.84. The second-order valence-corrected chi connectivity index (χ2v) is 5.61. The van der Waals surface area contributed by atoms with Crippen LogP contribution >= 0.6 is 27.3 Å². The van der Waals surface area contributed by atoms with E-state index in [1.54, 1.807) is 6.92 Å². The first-order valence-electron chi connectivity index (χ1n) is 5.90. The lowest BCUT2D eigenvalue weighted by Gasteiger charge is -2.03. The number of hydrogen-bond acceptors (Lipinski definition) is 5. The molecular formula is C13H10BrFN2O3S. The van der Waals surface area contributed by atoms with Gasteiger partial charge in [0.2, 0.25) is 0 Å². The Hall–Kier alpha value is -1.80. The highest BCUT2D eigenvalue weighted by molar-refractivity contribution is 9.10. The van der Waals surface area contributed by atoms with Crippen LogP contribution in [0.15, 0.2) is 28.1 Å². The quantitative estimate of drug-likeness (QED) is 0.834. The van der Waals surface area contributed by atoms with Crippen molar-refractivity contribution in [1.82, 2.24) is 4.98 Å². The molecule has 0 unspecified atom stereocenters. The van der Waals surface area contributed by atoms with Gasteiger partial charge in [0, 0.05) is 9.85 Å². The largest absolute Gasteiger partial charge is 0.461 e. The Morgan fingerprint density at radius 2 is 2.24 bits per heavy atom. The van der Waals surface area contributed by atoms with Gasteiger partial charge >= 0.3 is 5.97 Å². The summed E-state index contributed by atoms with van der Waals surface area (Å²) >= 11 is 4.23. The highest BCUT2D eigenvalue weighted by Crippen LogP contribution is 2.20. The third-order valence-electron chi connectivity index (χ3n) is 2.38. The van der Waals surface area contributed by atoms with E-state index in [0.29, 0.717) is 4.47 Å². The third-order valence-corrected chi connectivity index (χ3v) is 3.63. The summed E-state index contributed by atoms with van der Waals surface area (Å²) < 4.78 is 19.0. The van der Waals surface area contributed by atoms with Crippen LogP contribution in [0.25, 0.3) is 0 Å². The van der Waals surface area contributed by atoms with Crippen molar-refractivity contribution in [2.45, 2.75) is 6.92 Å². The lowest BCUT2D eigenvalue weighted by Crippen LogP contribution is -2.14. The van der Waals surface area contributed by atoms with Gasteiger partial charge in [-0.2, -0.15) is 0 Å². The Labute approximate surface area is 132 Å². The summed E-state index contributed by atoms with van der Waals surface area (Å²) in [6, 6.07) is 4.05. The molecule has 2 aromatic rings. The van der Waals surface area contributed by atoms with Crippen molar-refractivity contribution in [2.24, 2.45) is 0 Å². The van der Waals surface area contributed by atoms with E-state index < -0.39 is 17.7 Å². The van der Waals surface area contributed by atoms with E-state index in [4.69, 9.17) is 4.74 Å². The van der Waals surface area contributed by atoms with E-state index >= 15 is 0 Å². The fourth-order valence-corrected chi connectivity index (χ4v) is 2.50. The predicted octanol–water partition coefficient (Wildman–Crippen LogP) is 3.47. The second kappa shape index (κ2) is 6.77. The summed E-state index contributed by atoms with van der Waals surface area (Å²) in [4.78, 5) is 27.4. The van der Waals surface area contributed by atoms with E-state index in [1.165, 1.54) is 23.6 Å². The maximum Gasteiger partial charge on any atom is 0.357 e. The van der Waals surface area contributed by atoms with Crippen molar-refractivity contribution in [3.05, 3.63) is 45.1 Å². The number of carbonyl (C=O) groups excluding carboxylic acids is 2. The van der Waals surface area contributed by atoms with Gasteiger partial charge < -0.3 is 4.74 Å². The molecule has 0 bridgehead atoms. The van der Waals surface area contributed by atoms with Crippen molar-refractivity contribution in [3.63, 3.8) is 0 Å². The number of nitrogens with zero attached hydrogens (tertiary/aromatic N) is 1. The zero-order valence-corrected chi connectivity index (χ0v) is 13.3. The van der Waals surface area contributed by atoms with Gasteiger partial charge in [0.1, 0.15) is 5.82 Å². The maximum atomic E-state index is 13.6. The average molecular weight is 373 g/mol. The van der Waals surface area contributed by atoms with E-state index in [1.807, 2.05) is 0 Å². The molecule has 0 spiro atoms. The van der Waals surface area contributed by atoms with Crippen LogP contribution < -0.4 is 5.32 Å². The fraction of sp³-hybridized carbons (Fsp3) is 0.154. The number of nitrogens with one attached hydrogen (secondary N) is 1. The Morgan fingerprint density at radius 1 is 1.48 bits per heavy atom. The van der Waals surface area contributed by atoms with E-state index in [-0.39, 0.29) is 23.0 Å². The van der Waals surface area contributed by atoms with Crippen LogP contribution in [0, 0.1) is 5.82 Å². The number of aromatic nitrogens is 1. The Bertz CT molecular complexity index is 690. The molecule has 2 rings (SSSR count). The van der Waals surface area contributed by atoms with Crippen LogP contribution in [0.3, 0.4) is 0 Å². The van der Waals surface area contributed by atoms with Crippen LogP contribution in [0.2, 0.25) is 0 Å². The van der Waals surface area contributed by atoms with Gasteiger partial charge in [0.25, 0.3) is 5.91 Å². The van der Waals surface area contributed by atoms with Crippen LogP contribution in [0.4, 0.5) is 9.52 Å². The molecule has 0 aliphatic rings. The number of ether oxygens (including phenoxy) is 1. The summed E-state index contributed by atoms with van der Waals surface area (Å²) in [5.74, 6) is -1.85. The van der Waals surface area contributed by atoms with Gasteiger partial charge in [-0.05, 0) is 25.1 Å². The number of hydrogen-bond donors (Lipinski definition) is 1. The molecule has 0 atom stereocenters. The zero-order valence-electron chi connectivity index (χ0n) is 10.9. The first-order chi connectivity index (χ1) is 10.0. The molecule has 1 aromatic carbocycles. The molecule has 1 aromatic heterocycles. The molecule has 21 heavy (non-hydrogen) atoms. The minimum atomic E-state index is -0.641. The number of thiazole rings is 1. The molecule has 1 heterocycles. The highest BCUT2D eigenvalue weighted by Gasteiger charge is 2.16. The van der Waals surface area contributed by atoms with Gasteiger partial charge in [-0.3, -0.25) is 10.1 Å². The van der Waals surface area contributed by atoms with Gasteiger partial charge in [0.15, 0.2) is 10.8 Å². The molecule has 1 N–H and O–H groups in total. The summed E-state index contributed by atoms with van der Waals surface area (Å²) in [6.45, 7) is 1.92.